The van der Waals surface area contributed by atoms with Gasteiger partial charge in [0.05, 0.1) is 7.11 Å². The minimum absolute atomic E-state index is 0.488. The van der Waals surface area contributed by atoms with Crippen molar-refractivity contribution in [2.45, 2.75) is 0 Å². The Morgan fingerprint density at radius 3 is 1.93 bits per heavy atom. The van der Waals surface area contributed by atoms with E-state index in [-0.39, 0.29) is 0 Å². The molecule has 0 aromatic heterocycles. The van der Waals surface area contributed by atoms with Gasteiger partial charge in [0.25, 0.3) is 0 Å². The lowest BCUT2D eigenvalue weighted by atomic mass is 10.8. The van der Waals surface area contributed by atoms with Crippen LogP contribution in [0.3, 0.4) is 0 Å². The molecule has 0 amide bonds. The summed E-state index contributed by atoms with van der Waals surface area (Å²) in [6.07, 6.45) is 5.00. The molecule has 0 rings (SSSR count). The molecule has 0 aromatic carbocycles. The van der Waals surface area contributed by atoms with Crippen LogP contribution in [-0.4, -0.2) is 33.3 Å². The van der Waals surface area contributed by atoms with Crippen LogP contribution in [0.15, 0.2) is 25.3 Å². The highest BCUT2D eigenvalue weighted by Gasteiger charge is 2.24. The summed E-state index contributed by atoms with van der Waals surface area (Å²) in [7, 11) is -4.57. The van der Waals surface area contributed by atoms with Crippen molar-refractivity contribution in [2.75, 3.05) is 24.9 Å². The molecule has 14 heavy (non-hydrogen) atoms. The summed E-state index contributed by atoms with van der Waals surface area (Å²) in [4.78, 5) is 0. The van der Waals surface area contributed by atoms with Crippen molar-refractivity contribution in [3.8, 4) is 0 Å². The van der Waals surface area contributed by atoms with Crippen molar-refractivity contribution in [3.05, 3.63) is 25.3 Å². The second kappa shape index (κ2) is 5.55. The molecule has 0 aliphatic heterocycles. The molecule has 0 aliphatic carbocycles. The van der Waals surface area contributed by atoms with Crippen molar-refractivity contribution < 1.29 is 16.2 Å². The minimum atomic E-state index is -3.88. The van der Waals surface area contributed by atoms with Crippen LogP contribution in [0.2, 0.25) is 0 Å². The highest BCUT2D eigenvalue weighted by Crippen LogP contribution is 2.46. The van der Waals surface area contributed by atoms with Gasteiger partial charge in [-0.2, -0.15) is 12.0 Å². The molecule has 0 bridgehead atoms. The Bertz CT molecular complexity index is 284. The first-order valence-electron chi connectivity index (χ1n) is 3.86. The molecule has 0 fully saturated rings. The van der Waals surface area contributed by atoms with Gasteiger partial charge in [-0.25, -0.2) is 0 Å². The fourth-order valence-corrected chi connectivity index (χ4v) is 4.26. The zero-order valence-corrected chi connectivity index (χ0v) is 10.1. The maximum absolute atomic E-state index is 11.1. The topological polar surface area (TPSA) is 52.6 Å². The molecular weight excluding hydrogens is 224 g/mol. The molecule has 0 saturated carbocycles. The van der Waals surface area contributed by atoms with Gasteiger partial charge < -0.3 is 0 Å². The average molecular weight is 240 g/mol. The van der Waals surface area contributed by atoms with E-state index in [0.29, 0.717) is 11.5 Å². The molecular formula is C8H16O4S2. The Balaban J connectivity index is 4.67. The number of rotatable bonds is 7. The van der Waals surface area contributed by atoms with Crippen LogP contribution in [-0.2, 0) is 18.2 Å². The molecule has 84 valence electrons. The second-order valence-electron chi connectivity index (χ2n) is 2.74. The smallest absolute Gasteiger partial charge is 0.251 e. The Kier molecular flexibility index (Phi) is 5.43. The van der Waals surface area contributed by atoms with E-state index in [4.69, 9.17) is 3.63 Å². The fraction of sp³-hybridized carbons (Fsp3) is 0.500. The molecule has 0 atom stereocenters. The third-order valence-electron chi connectivity index (χ3n) is 1.39. The average Bonchev–Trinajstić information content (AvgIpc) is 2.03. The van der Waals surface area contributed by atoms with Gasteiger partial charge in [0, 0.05) is 11.5 Å². The molecule has 0 unspecified atom stereocenters. The molecule has 0 saturated heterocycles. The quantitative estimate of drug-likeness (QED) is 0.634. The second-order valence-corrected chi connectivity index (χ2v) is 7.47. The maximum atomic E-state index is 11.1. The summed E-state index contributed by atoms with van der Waals surface area (Å²) in [6.45, 7) is 7.11. The van der Waals surface area contributed by atoms with E-state index >= 15 is 0 Å². The Hall–Kier alpha value is -0.300. The SMILES string of the molecule is C=CCS(C)(CC=C)OS(=O)(=O)OC. The summed E-state index contributed by atoms with van der Waals surface area (Å²) in [5, 5.41) is 0. The number of hydrogen-bond acceptors (Lipinski definition) is 4. The first-order valence-corrected chi connectivity index (χ1v) is 7.50. The lowest BCUT2D eigenvalue weighted by Crippen LogP contribution is -2.16. The van der Waals surface area contributed by atoms with Gasteiger partial charge in [-0.15, -0.1) is 23.5 Å². The van der Waals surface area contributed by atoms with Crippen LogP contribution in [0.5, 0.6) is 0 Å². The van der Waals surface area contributed by atoms with Crippen molar-refractivity contribution in [1.82, 2.24) is 0 Å². The standard InChI is InChI=1S/C8H16O4S2/c1-5-7-13(4,8-6-2)12-14(9,10)11-3/h5-6H,1-2,7-8H2,3-4H3. The number of hydrogen-bond donors (Lipinski definition) is 0. The summed E-state index contributed by atoms with van der Waals surface area (Å²) >= 11 is 0. The van der Waals surface area contributed by atoms with Gasteiger partial charge in [0.15, 0.2) is 0 Å². The third-order valence-corrected chi connectivity index (χ3v) is 5.66. The maximum Gasteiger partial charge on any atom is 0.409 e. The van der Waals surface area contributed by atoms with Crippen LogP contribution < -0.4 is 0 Å². The monoisotopic (exact) mass is 240 g/mol. The van der Waals surface area contributed by atoms with Gasteiger partial charge in [0.1, 0.15) is 0 Å². The molecule has 0 spiro atoms. The van der Waals surface area contributed by atoms with E-state index in [2.05, 4.69) is 17.3 Å². The van der Waals surface area contributed by atoms with E-state index < -0.39 is 20.7 Å². The first-order chi connectivity index (χ1) is 6.39. The zero-order chi connectivity index (χ0) is 11.2. The zero-order valence-electron chi connectivity index (χ0n) is 8.43. The highest BCUT2D eigenvalue weighted by molar-refractivity contribution is 8.32. The summed E-state index contributed by atoms with van der Waals surface area (Å²) in [5.74, 6) is 0.975. The van der Waals surface area contributed by atoms with Crippen molar-refractivity contribution in [2.24, 2.45) is 0 Å². The van der Waals surface area contributed by atoms with Crippen molar-refractivity contribution in [3.63, 3.8) is 0 Å². The predicted molar refractivity (Wildman–Crippen MR) is 60.7 cm³/mol. The van der Waals surface area contributed by atoms with Gasteiger partial charge in [0.2, 0.25) is 0 Å². The molecule has 0 aromatic rings. The molecule has 0 heterocycles. The summed E-state index contributed by atoms with van der Waals surface area (Å²) in [6, 6.07) is 0. The van der Waals surface area contributed by atoms with Gasteiger partial charge in [-0.1, -0.05) is 12.2 Å². The van der Waals surface area contributed by atoms with Crippen LogP contribution in [0.25, 0.3) is 0 Å². The van der Waals surface area contributed by atoms with Crippen LogP contribution in [0.1, 0.15) is 0 Å². The van der Waals surface area contributed by atoms with Crippen molar-refractivity contribution >= 4 is 20.7 Å². The van der Waals surface area contributed by atoms with Gasteiger partial charge in [-0.05, 0) is 6.26 Å². The first kappa shape index (κ1) is 13.7. The molecule has 0 radical (unpaired) electrons. The van der Waals surface area contributed by atoms with Crippen LogP contribution in [0.4, 0.5) is 0 Å². The van der Waals surface area contributed by atoms with Crippen LogP contribution in [0, 0.1) is 0 Å². The van der Waals surface area contributed by atoms with E-state index in [9.17, 15) is 8.42 Å². The van der Waals surface area contributed by atoms with Gasteiger partial charge >= 0.3 is 10.4 Å². The van der Waals surface area contributed by atoms with Crippen molar-refractivity contribution in [1.29, 1.82) is 0 Å². The summed E-state index contributed by atoms with van der Waals surface area (Å²) in [5.41, 5.74) is 0. The third kappa shape index (κ3) is 4.80. The molecule has 0 aliphatic rings. The van der Waals surface area contributed by atoms with E-state index in [1.165, 1.54) is 0 Å². The largest absolute Gasteiger partial charge is 0.409 e. The Morgan fingerprint density at radius 2 is 1.64 bits per heavy atom. The van der Waals surface area contributed by atoms with E-state index in [1.54, 1.807) is 18.4 Å². The lowest BCUT2D eigenvalue weighted by molar-refractivity contribution is 0.341. The predicted octanol–water partition coefficient (Wildman–Crippen LogP) is 1.62. The Morgan fingerprint density at radius 1 is 1.21 bits per heavy atom. The van der Waals surface area contributed by atoms with Crippen LogP contribution >= 0.6 is 10.3 Å². The molecule has 6 heteroatoms. The molecule has 4 nitrogen and oxygen atoms in total. The minimum Gasteiger partial charge on any atom is -0.251 e. The fourth-order valence-electron chi connectivity index (χ4n) is 0.851. The Labute approximate surface area is 87.5 Å². The van der Waals surface area contributed by atoms with E-state index in [1.807, 2.05) is 0 Å². The highest BCUT2D eigenvalue weighted by atomic mass is 32.3. The molecule has 0 N–H and O–H groups in total. The summed E-state index contributed by atoms with van der Waals surface area (Å²) < 4.78 is 31.3. The normalized spacial score (nSPS) is 13.6. The van der Waals surface area contributed by atoms with E-state index in [0.717, 1.165) is 7.11 Å². The lowest BCUT2D eigenvalue weighted by Gasteiger charge is -2.31. The van der Waals surface area contributed by atoms with Gasteiger partial charge in [-0.3, -0.25) is 4.18 Å².